The fourth-order valence-corrected chi connectivity index (χ4v) is 3.31. The van der Waals surface area contributed by atoms with Crippen molar-refractivity contribution >= 4 is 24.2 Å². The van der Waals surface area contributed by atoms with Crippen molar-refractivity contribution in [3.63, 3.8) is 0 Å². The first-order valence-electron chi connectivity index (χ1n) is 8.50. The molecular formula is C18H26ClN3O2. The third-order valence-corrected chi connectivity index (χ3v) is 4.80. The highest BCUT2D eigenvalue weighted by molar-refractivity contribution is 5.94. The molecule has 0 spiro atoms. The molecule has 3 rings (SSSR count). The molecule has 0 aromatic heterocycles. The Morgan fingerprint density at radius 2 is 1.71 bits per heavy atom. The van der Waals surface area contributed by atoms with E-state index in [1.165, 1.54) is 0 Å². The highest BCUT2D eigenvalue weighted by atomic mass is 35.5. The van der Waals surface area contributed by atoms with Gasteiger partial charge in [0, 0.05) is 44.2 Å². The summed E-state index contributed by atoms with van der Waals surface area (Å²) in [5, 5.41) is 3.37. The van der Waals surface area contributed by atoms with Crippen molar-refractivity contribution in [2.45, 2.75) is 32.2 Å². The maximum absolute atomic E-state index is 12.5. The van der Waals surface area contributed by atoms with Gasteiger partial charge in [-0.05, 0) is 38.4 Å². The number of nitrogens with zero attached hydrogens (tertiary/aromatic N) is 2. The first-order chi connectivity index (χ1) is 11.1. The molecule has 2 heterocycles. The molecule has 0 aliphatic carbocycles. The Kier molecular flexibility index (Phi) is 6.63. The Balaban J connectivity index is 0.00000208. The maximum Gasteiger partial charge on any atom is 0.253 e. The Hall–Kier alpha value is -1.59. The molecular weight excluding hydrogens is 326 g/mol. The molecule has 1 aromatic rings. The van der Waals surface area contributed by atoms with Crippen molar-refractivity contribution in [2.24, 2.45) is 0 Å². The SMILES string of the molecule is Cc1ccc(C(=O)N2CCN(C(=O)CC3CCCN3)CC2)cc1.Cl. The summed E-state index contributed by atoms with van der Waals surface area (Å²) in [5.41, 5.74) is 1.88. The maximum atomic E-state index is 12.5. The third kappa shape index (κ3) is 4.48. The van der Waals surface area contributed by atoms with Crippen LogP contribution in [0.1, 0.15) is 35.2 Å². The van der Waals surface area contributed by atoms with Crippen LogP contribution in [0, 0.1) is 6.92 Å². The van der Waals surface area contributed by atoms with E-state index in [9.17, 15) is 9.59 Å². The Morgan fingerprint density at radius 1 is 1.08 bits per heavy atom. The molecule has 5 nitrogen and oxygen atoms in total. The van der Waals surface area contributed by atoms with Crippen LogP contribution in [0.15, 0.2) is 24.3 Å². The Labute approximate surface area is 149 Å². The number of carbonyl (C=O) groups is 2. The van der Waals surface area contributed by atoms with Crippen LogP contribution in [-0.4, -0.2) is 60.4 Å². The number of rotatable bonds is 3. The van der Waals surface area contributed by atoms with Gasteiger partial charge in [0.2, 0.25) is 5.91 Å². The highest BCUT2D eigenvalue weighted by Crippen LogP contribution is 2.14. The Morgan fingerprint density at radius 3 is 2.29 bits per heavy atom. The van der Waals surface area contributed by atoms with Gasteiger partial charge < -0.3 is 15.1 Å². The molecule has 132 valence electrons. The minimum Gasteiger partial charge on any atom is -0.339 e. The summed E-state index contributed by atoms with van der Waals surface area (Å²) < 4.78 is 0. The molecule has 1 atom stereocenters. The van der Waals surface area contributed by atoms with Gasteiger partial charge in [0.15, 0.2) is 0 Å². The van der Waals surface area contributed by atoms with E-state index in [2.05, 4.69) is 5.32 Å². The summed E-state index contributed by atoms with van der Waals surface area (Å²) in [6.07, 6.45) is 2.85. The second-order valence-electron chi connectivity index (χ2n) is 6.54. The lowest BCUT2D eigenvalue weighted by molar-refractivity contribution is -0.133. The van der Waals surface area contributed by atoms with Gasteiger partial charge >= 0.3 is 0 Å². The van der Waals surface area contributed by atoms with Gasteiger partial charge in [0.05, 0.1) is 0 Å². The van der Waals surface area contributed by atoms with Crippen LogP contribution in [-0.2, 0) is 4.79 Å². The van der Waals surface area contributed by atoms with E-state index < -0.39 is 0 Å². The smallest absolute Gasteiger partial charge is 0.253 e. The fourth-order valence-electron chi connectivity index (χ4n) is 3.31. The molecule has 1 N–H and O–H groups in total. The number of halogens is 1. The van der Waals surface area contributed by atoms with E-state index in [0.29, 0.717) is 38.6 Å². The predicted molar refractivity (Wildman–Crippen MR) is 96.6 cm³/mol. The van der Waals surface area contributed by atoms with E-state index in [0.717, 1.165) is 30.5 Å². The van der Waals surface area contributed by atoms with E-state index >= 15 is 0 Å². The number of hydrogen-bond donors (Lipinski definition) is 1. The minimum atomic E-state index is 0. The van der Waals surface area contributed by atoms with Crippen molar-refractivity contribution in [1.29, 1.82) is 0 Å². The topological polar surface area (TPSA) is 52.7 Å². The first-order valence-corrected chi connectivity index (χ1v) is 8.50. The summed E-state index contributed by atoms with van der Waals surface area (Å²) in [7, 11) is 0. The summed E-state index contributed by atoms with van der Waals surface area (Å²) >= 11 is 0. The predicted octanol–water partition coefficient (Wildman–Crippen LogP) is 1.84. The molecule has 1 aromatic carbocycles. The molecule has 0 saturated carbocycles. The molecule has 0 bridgehead atoms. The summed E-state index contributed by atoms with van der Waals surface area (Å²) in [5.74, 6) is 0.279. The third-order valence-electron chi connectivity index (χ3n) is 4.80. The van der Waals surface area contributed by atoms with Crippen molar-refractivity contribution in [3.05, 3.63) is 35.4 Å². The number of carbonyl (C=O) groups excluding carboxylic acids is 2. The molecule has 2 aliphatic heterocycles. The number of aryl methyl sites for hydroxylation is 1. The Bertz CT molecular complexity index is 562. The number of amides is 2. The molecule has 2 amide bonds. The molecule has 6 heteroatoms. The molecule has 2 aliphatic rings. The van der Waals surface area contributed by atoms with E-state index in [1.54, 1.807) is 0 Å². The highest BCUT2D eigenvalue weighted by Gasteiger charge is 2.27. The summed E-state index contributed by atoms with van der Waals surface area (Å²) in [4.78, 5) is 28.6. The van der Waals surface area contributed by atoms with Gasteiger partial charge in [0.25, 0.3) is 5.91 Å². The van der Waals surface area contributed by atoms with Crippen molar-refractivity contribution in [3.8, 4) is 0 Å². The zero-order valence-electron chi connectivity index (χ0n) is 14.2. The van der Waals surface area contributed by atoms with Crippen LogP contribution in [0.2, 0.25) is 0 Å². The normalized spacial score (nSPS) is 20.6. The van der Waals surface area contributed by atoms with Gasteiger partial charge in [0.1, 0.15) is 0 Å². The average molecular weight is 352 g/mol. The molecule has 24 heavy (non-hydrogen) atoms. The first kappa shape index (κ1) is 18.7. The van der Waals surface area contributed by atoms with Crippen LogP contribution in [0.25, 0.3) is 0 Å². The van der Waals surface area contributed by atoms with Gasteiger partial charge in [-0.3, -0.25) is 9.59 Å². The van der Waals surface area contributed by atoms with Crippen molar-refractivity contribution in [2.75, 3.05) is 32.7 Å². The summed E-state index contributed by atoms with van der Waals surface area (Å²) in [6, 6.07) is 8.01. The van der Waals surface area contributed by atoms with E-state index in [1.807, 2.05) is 41.0 Å². The van der Waals surface area contributed by atoms with Crippen LogP contribution in [0.3, 0.4) is 0 Å². The van der Waals surface area contributed by atoms with Crippen molar-refractivity contribution < 1.29 is 9.59 Å². The molecule has 2 fully saturated rings. The molecule has 1 unspecified atom stereocenters. The lowest BCUT2D eigenvalue weighted by Gasteiger charge is -2.35. The standard InChI is InChI=1S/C18H25N3O2.ClH/c1-14-4-6-15(7-5-14)18(23)21-11-9-20(10-12-21)17(22)13-16-3-2-8-19-16;/h4-7,16,19H,2-3,8-13H2,1H3;1H. The monoisotopic (exact) mass is 351 g/mol. The minimum absolute atomic E-state index is 0. The number of piperazine rings is 1. The quantitative estimate of drug-likeness (QED) is 0.904. The van der Waals surface area contributed by atoms with Gasteiger partial charge in [-0.2, -0.15) is 0 Å². The number of benzene rings is 1. The second kappa shape index (κ2) is 8.49. The van der Waals surface area contributed by atoms with Crippen LogP contribution >= 0.6 is 12.4 Å². The van der Waals surface area contributed by atoms with Crippen molar-refractivity contribution in [1.82, 2.24) is 15.1 Å². The van der Waals surface area contributed by atoms with Gasteiger partial charge in [-0.15, -0.1) is 12.4 Å². The van der Waals surface area contributed by atoms with Crippen LogP contribution in [0.5, 0.6) is 0 Å². The van der Waals surface area contributed by atoms with Crippen LogP contribution in [0.4, 0.5) is 0 Å². The molecule has 0 radical (unpaired) electrons. The second-order valence-corrected chi connectivity index (χ2v) is 6.54. The largest absolute Gasteiger partial charge is 0.339 e. The van der Waals surface area contributed by atoms with Gasteiger partial charge in [-0.25, -0.2) is 0 Å². The zero-order valence-corrected chi connectivity index (χ0v) is 15.0. The average Bonchev–Trinajstić information content (AvgIpc) is 3.08. The van der Waals surface area contributed by atoms with Gasteiger partial charge in [-0.1, -0.05) is 17.7 Å². The number of nitrogens with one attached hydrogen (secondary N) is 1. The lowest BCUT2D eigenvalue weighted by atomic mass is 10.1. The number of hydrogen-bond acceptors (Lipinski definition) is 3. The van der Waals surface area contributed by atoms with E-state index in [4.69, 9.17) is 0 Å². The lowest BCUT2D eigenvalue weighted by Crippen LogP contribution is -2.51. The summed E-state index contributed by atoms with van der Waals surface area (Å²) in [6.45, 7) is 5.56. The molecule has 2 saturated heterocycles. The van der Waals surface area contributed by atoms with E-state index in [-0.39, 0.29) is 24.2 Å². The van der Waals surface area contributed by atoms with Crippen LogP contribution < -0.4 is 5.32 Å². The zero-order chi connectivity index (χ0) is 16.2. The fraction of sp³-hybridized carbons (Fsp3) is 0.556.